The van der Waals surface area contributed by atoms with Crippen LogP contribution in [-0.2, 0) is 11.3 Å². The normalized spacial score (nSPS) is 20.1. The number of fused-ring (bicyclic) bond motifs is 1. The van der Waals surface area contributed by atoms with Gasteiger partial charge in [0.05, 0.1) is 16.3 Å². The monoisotopic (exact) mass is 478 g/mol. The molecule has 32 heavy (non-hydrogen) atoms. The van der Waals surface area contributed by atoms with E-state index in [4.69, 9.17) is 28.3 Å². The van der Waals surface area contributed by atoms with Crippen molar-refractivity contribution >= 4 is 40.8 Å². The summed E-state index contributed by atoms with van der Waals surface area (Å²) in [5.74, 6) is 0.0278. The van der Waals surface area contributed by atoms with E-state index in [1.54, 1.807) is 18.5 Å². The third-order valence-corrected chi connectivity index (χ3v) is 6.30. The molecule has 0 aliphatic carbocycles. The molecule has 2 aliphatic rings. The summed E-state index contributed by atoms with van der Waals surface area (Å²) in [6, 6.07) is 2.92. The average molecular weight is 479 g/mol. The van der Waals surface area contributed by atoms with Crippen LogP contribution in [0, 0.1) is 17.7 Å². The first-order valence-electron chi connectivity index (χ1n) is 9.84. The maximum absolute atomic E-state index is 14.0. The Morgan fingerprint density at radius 1 is 1.09 bits per heavy atom. The molecule has 0 spiro atoms. The third kappa shape index (κ3) is 3.93. The number of carbonyl (C=O) groups is 1. The molecule has 1 N–H and O–H groups in total. The van der Waals surface area contributed by atoms with Gasteiger partial charge < -0.3 is 14.9 Å². The van der Waals surface area contributed by atoms with Gasteiger partial charge in [-0.3, -0.25) is 4.79 Å². The Kier molecular flexibility index (Phi) is 5.30. The Hall–Kier alpha value is -3.05. The van der Waals surface area contributed by atoms with Gasteiger partial charge in [-0.1, -0.05) is 23.2 Å². The summed E-state index contributed by atoms with van der Waals surface area (Å²) in [6.45, 7) is 2.67. The number of carboxylic acids is 1. The zero-order valence-corrected chi connectivity index (χ0v) is 18.1. The number of benzene rings is 1. The van der Waals surface area contributed by atoms with Gasteiger partial charge in [-0.05, 0) is 17.3 Å². The highest BCUT2D eigenvalue weighted by atomic mass is 35.5. The molecular formula is C19H17Cl2FN8O2. The SMILES string of the molecule is O=C(O)Cn1nnc(-c2cnc(N3CC4CN(c5cc(Cl)cc(F)c5Cl)CC4C3)nc2)n1. The summed E-state index contributed by atoms with van der Waals surface area (Å²) in [7, 11) is 0. The fraction of sp³-hybridized carbons (Fsp3) is 0.368. The Morgan fingerprint density at radius 2 is 1.75 bits per heavy atom. The van der Waals surface area contributed by atoms with Crippen LogP contribution in [0.2, 0.25) is 10.0 Å². The van der Waals surface area contributed by atoms with Crippen LogP contribution in [0.1, 0.15) is 0 Å². The maximum atomic E-state index is 14.0. The topological polar surface area (TPSA) is 113 Å². The second-order valence-electron chi connectivity index (χ2n) is 7.86. The molecule has 2 saturated heterocycles. The van der Waals surface area contributed by atoms with E-state index < -0.39 is 11.8 Å². The first-order chi connectivity index (χ1) is 15.4. The molecule has 2 atom stereocenters. The summed E-state index contributed by atoms with van der Waals surface area (Å²) < 4.78 is 14.0. The molecule has 10 nitrogen and oxygen atoms in total. The molecule has 0 radical (unpaired) electrons. The predicted molar refractivity (Wildman–Crippen MR) is 114 cm³/mol. The molecule has 13 heteroatoms. The van der Waals surface area contributed by atoms with Crippen molar-refractivity contribution in [1.29, 1.82) is 0 Å². The molecule has 0 bridgehead atoms. The molecule has 3 aromatic rings. The van der Waals surface area contributed by atoms with Crippen LogP contribution in [0.15, 0.2) is 24.5 Å². The molecule has 2 aromatic heterocycles. The summed E-state index contributed by atoms with van der Waals surface area (Å²) in [5, 5.41) is 20.8. The maximum Gasteiger partial charge on any atom is 0.327 e. The van der Waals surface area contributed by atoms with E-state index in [-0.39, 0.29) is 17.4 Å². The van der Waals surface area contributed by atoms with E-state index in [0.717, 1.165) is 31.0 Å². The number of aromatic nitrogens is 6. The van der Waals surface area contributed by atoms with Crippen molar-refractivity contribution in [2.24, 2.45) is 11.8 Å². The van der Waals surface area contributed by atoms with Crippen molar-refractivity contribution in [1.82, 2.24) is 30.2 Å². The quantitative estimate of drug-likeness (QED) is 0.551. The highest BCUT2D eigenvalue weighted by Crippen LogP contribution is 2.39. The fourth-order valence-corrected chi connectivity index (χ4v) is 4.70. The molecule has 2 aliphatic heterocycles. The Bertz CT molecular complexity index is 1160. The van der Waals surface area contributed by atoms with Crippen molar-refractivity contribution in [2.75, 3.05) is 36.0 Å². The zero-order chi connectivity index (χ0) is 22.4. The molecular weight excluding hydrogens is 462 g/mol. The van der Waals surface area contributed by atoms with Gasteiger partial charge in [0.25, 0.3) is 0 Å². The van der Waals surface area contributed by atoms with Crippen LogP contribution in [-0.4, -0.2) is 67.4 Å². The van der Waals surface area contributed by atoms with Gasteiger partial charge in [0.15, 0.2) is 6.54 Å². The second-order valence-corrected chi connectivity index (χ2v) is 8.67. The number of halogens is 3. The summed E-state index contributed by atoms with van der Waals surface area (Å²) in [6.07, 6.45) is 3.19. The number of hydrogen-bond acceptors (Lipinski definition) is 8. The second kappa shape index (κ2) is 8.14. The van der Waals surface area contributed by atoms with Crippen molar-refractivity contribution in [2.45, 2.75) is 6.54 Å². The highest BCUT2D eigenvalue weighted by Gasteiger charge is 2.41. The largest absolute Gasteiger partial charge is 0.480 e. The average Bonchev–Trinajstić information content (AvgIpc) is 3.45. The summed E-state index contributed by atoms with van der Waals surface area (Å²) in [5.41, 5.74) is 1.18. The van der Waals surface area contributed by atoms with E-state index >= 15 is 0 Å². The van der Waals surface area contributed by atoms with Crippen LogP contribution in [0.4, 0.5) is 16.0 Å². The molecule has 2 fully saturated rings. The number of nitrogens with zero attached hydrogens (tertiary/aromatic N) is 8. The molecule has 2 unspecified atom stereocenters. The number of tetrazole rings is 1. The summed E-state index contributed by atoms with van der Waals surface area (Å²) in [4.78, 5) is 24.8. The van der Waals surface area contributed by atoms with Crippen molar-refractivity contribution < 1.29 is 14.3 Å². The number of anilines is 2. The molecule has 1 aromatic carbocycles. The summed E-state index contributed by atoms with van der Waals surface area (Å²) >= 11 is 12.2. The van der Waals surface area contributed by atoms with Crippen LogP contribution < -0.4 is 9.80 Å². The van der Waals surface area contributed by atoms with Gasteiger partial charge in [-0.25, -0.2) is 14.4 Å². The van der Waals surface area contributed by atoms with E-state index in [2.05, 4.69) is 35.2 Å². The van der Waals surface area contributed by atoms with Gasteiger partial charge in [0.1, 0.15) is 5.82 Å². The van der Waals surface area contributed by atoms with Gasteiger partial charge in [-0.2, -0.15) is 4.80 Å². The number of hydrogen-bond donors (Lipinski definition) is 1. The van der Waals surface area contributed by atoms with Crippen molar-refractivity contribution in [3.05, 3.63) is 40.4 Å². The molecule has 0 amide bonds. The molecule has 5 rings (SSSR count). The lowest BCUT2D eigenvalue weighted by Gasteiger charge is -2.24. The van der Waals surface area contributed by atoms with E-state index in [9.17, 15) is 9.18 Å². The van der Waals surface area contributed by atoms with Crippen LogP contribution in [0.5, 0.6) is 0 Å². The van der Waals surface area contributed by atoms with Crippen LogP contribution in [0.25, 0.3) is 11.4 Å². The van der Waals surface area contributed by atoms with Gasteiger partial charge in [0, 0.05) is 55.4 Å². The van der Waals surface area contributed by atoms with Gasteiger partial charge in [-0.15, -0.1) is 10.2 Å². The van der Waals surface area contributed by atoms with Gasteiger partial charge >= 0.3 is 5.97 Å². The van der Waals surface area contributed by atoms with Gasteiger partial charge in [0.2, 0.25) is 11.8 Å². The van der Waals surface area contributed by atoms with E-state index in [1.165, 1.54) is 6.07 Å². The standard InChI is InChI=1S/C19H17Cl2FN8O2/c20-13-1-14(22)17(21)15(2-13)28-5-11-7-29(8-12(11)6-28)19-23-3-10(4-24-19)18-25-27-30(26-18)9-16(31)32/h1-4,11-12H,5-9H2,(H,31,32). The van der Waals surface area contributed by atoms with E-state index in [0.29, 0.717) is 34.1 Å². The third-order valence-electron chi connectivity index (χ3n) is 5.71. The number of carboxylic acid groups (broad SMARTS) is 1. The van der Waals surface area contributed by atoms with Crippen LogP contribution >= 0.6 is 23.2 Å². The minimum atomic E-state index is -1.05. The number of aliphatic carboxylic acids is 1. The lowest BCUT2D eigenvalue weighted by molar-refractivity contribution is -0.138. The minimum Gasteiger partial charge on any atom is -0.480 e. The van der Waals surface area contributed by atoms with Crippen LogP contribution in [0.3, 0.4) is 0 Å². The highest BCUT2D eigenvalue weighted by molar-refractivity contribution is 6.35. The fourth-order valence-electron chi connectivity index (χ4n) is 4.27. The first kappa shape index (κ1) is 20.8. The molecule has 0 saturated carbocycles. The Labute approximate surface area is 191 Å². The molecule has 166 valence electrons. The molecule has 4 heterocycles. The zero-order valence-electron chi connectivity index (χ0n) is 16.6. The minimum absolute atomic E-state index is 0.0963. The number of rotatable bonds is 5. The predicted octanol–water partition coefficient (Wildman–Crippen LogP) is 2.23. The van der Waals surface area contributed by atoms with Crippen molar-refractivity contribution in [3.8, 4) is 11.4 Å². The lowest BCUT2D eigenvalue weighted by Crippen LogP contribution is -2.30. The Balaban J connectivity index is 1.25. The lowest BCUT2D eigenvalue weighted by atomic mass is 10.0. The Morgan fingerprint density at radius 3 is 2.41 bits per heavy atom. The smallest absolute Gasteiger partial charge is 0.327 e. The van der Waals surface area contributed by atoms with Crippen molar-refractivity contribution in [3.63, 3.8) is 0 Å². The first-order valence-corrected chi connectivity index (χ1v) is 10.6. The van der Waals surface area contributed by atoms with E-state index in [1.807, 2.05) is 0 Å².